The van der Waals surface area contributed by atoms with Crippen LogP contribution in [0.25, 0.3) is 0 Å². The molecule has 0 bridgehead atoms. The summed E-state index contributed by atoms with van der Waals surface area (Å²) in [5.74, 6) is 0.775. The summed E-state index contributed by atoms with van der Waals surface area (Å²) in [5, 5.41) is -0.139. The van der Waals surface area contributed by atoms with Crippen molar-refractivity contribution in [3.8, 4) is 0 Å². The molecule has 1 aliphatic heterocycles. The van der Waals surface area contributed by atoms with Crippen LogP contribution in [0.3, 0.4) is 0 Å². The molecule has 3 nitrogen and oxygen atoms in total. The molecule has 0 spiro atoms. The largest absolute Gasteiger partial charge is 0.346 e. The number of hydrogen-bond donors (Lipinski definition) is 1. The van der Waals surface area contributed by atoms with Gasteiger partial charge in [-0.1, -0.05) is 42.5 Å². The summed E-state index contributed by atoms with van der Waals surface area (Å²) < 4.78 is 0.684. The molecule has 0 amide bonds. The summed E-state index contributed by atoms with van der Waals surface area (Å²) in [7, 11) is 0. The molecule has 1 N–H and O–H groups in total. The van der Waals surface area contributed by atoms with E-state index < -0.39 is 0 Å². The van der Waals surface area contributed by atoms with Gasteiger partial charge in [-0.05, 0) is 12.5 Å². The summed E-state index contributed by atoms with van der Waals surface area (Å²) >= 11 is 11.5. The van der Waals surface area contributed by atoms with Crippen molar-refractivity contribution in [2.24, 2.45) is 0 Å². The Morgan fingerprint density at radius 1 is 1.38 bits per heavy atom. The van der Waals surface area contributed by atoms with Crippen LogP contribution >= 0.6 is 23.8 Å². The van der Waals surface area contributed by atoms with E-state index in [2.05, 4.69) is 39.1 Å². The average molecular weight is 320 g/mol. The molecule has 1 aromatic heterocycles. The lowest BCUT2D eigenvalue weighted by molar-refractivity contribution is 0.242. The number of benzene rings is 1. The van der Waals surface area contributed by atoms with Crippen LogP contribution in [-0.2, 0) is 19.5 Å². The maximum atomic E-state index is 6.10. The molecular weight excluding hydrogens is 302 g/mol. The molecule has 0 radical (unpaired) electrons. The number of alkyl halides is 1. The van der Waals surface area contributed by atoms with Gasteiger partial charge in [0.25, 0.3) is 0 Å². The van der Waals surface area contributed by atoms with Crippen molar-refractivity contribution in [3.63, 3.8) is 0 Å². The Balaban J connectivity index is 1.81. The van der Waals surface area contributed by atoms with Crippen molar-refractivity contribution in [1.82, 2.24) is 14.9 Å². The van der Waals surface area contributed by atoms with Gasteiger partial charge in [-0.2, -0.15) is 0 Å². The lowest BCUT2D eigenvalue weighted by atomic mass is 10.1. The monoisotopic (exact) mass is 319 g/mol. The number of rotatable bonds is 3. The van der Waals surface area contributed by atoms with Crippen LogP contribution in [0, 0.1) is 4.64 Å². The molecule has 2 heterocycles. The van der Waals surface area contributed by atoms with E-state index in [0.29, 0.717) is 4.64 Å². The van der Waals surface area contributed by atoms with Gasteiger partial charge in [-0.15, -0.1) is 11.6 Å². The highest BCUT2D eigenvalue weighted by molar-refractivity contribution is 7.71. The molecule has 0 saturated heterocycles. The highest BCUT2D eigenvalue weighted by Crippen LogP contribution is 2.23. The van der Waals surface area contributed by atoms with Crippen molar-refractivity contribution in [1.29, 1.82) is 0 Å². The fourth-order valence-corrected chi connectivity index (χ4v) is 3.07. The van der Waals surface area contributed by atoms with Crippen molar-refractivity contribution in [2.75, 3.05) is 6.54 Å². The maximum Gasteiger partial charge on any atom is 0.134 e. The Morgan fingerprint density at radius 3 is 2.86 bits per heavy atom. The van der Waals surface area contributed by atoms with Gasteiger partial charge in [-0.3, -0.25) is 4.90 Å². The molecule has 110 valence electrons. The third-order valence-corrected chi connectivity index (χ3v) is 4.35. The summed E-state index contributed by atoms with van der Waals surface area (Å²) in [6.45, 7) is 4.73. The average Bonchev–Trinajstić information content (AvgIpc) is 2.48. The van der Waals surface area contributed by atoms with Gasteiger partial charge in [0.2, 0.25) is 0 Å². The number of H-pyrrole nitrogens is 1. The Labute approximate surface area is 135 Å². The van der Waals surface area contributed by atoms with Gasteiger partial charge >= 0.3 is 0 Å². The van der Waals surface area contributed by atoms with E-state index in [1.807, 2.05) is 13.0 Å². The molecular formula is C16H18ClN3S. The van der Waals surface area contributed by atoms with Gasteiger partial charge in [0.15, 0.2) is 0 Å². The molecule has 0 aliphatic carbocycles. The lowest BCUT2D eigenvalue weighted by Crippen LogP contribution is -2.31. The fraction of sp³-hybridized carbons (Fsp3) is 0.375. The Kier molecular flexibility index (Phi) is 4.38. The summed E-state index contributed by atoms with van der Waals surface area (Å²) in [6, 6.07) is 10.5. The van der Waals surface area contributed by atoms with Crippen LogP contribution in [0.15, 0.2) is 30.3 Å². The van der Waals surface area contributed by atoms with E-state index in [9.17, 15) is 0 Å². The number of halogens is 1. The minimum atomic E-state index is -0.139. The predicted molar refractivity (Wildman–Crippen MR) is 87.9 cm³/mol. The Bertz CT molecular complexity index is 682. The van der Waals surface area contributed by atoms with Crippen LogP contribution in [0.4, 0.5) is 0 Å². The molecule has 1 aliphatic rings. The second kappa shape index (κ2) is 6.26. The number of nitrogens with zero attached hydrogens (tertiary/aromatic N) is 2. The van der Waals surface area contributed by atoms with Gasteiger partial charge in [0.05, 0.1) is 5.38 Å². The topological polar surface area (TPSA) is 31.9 Å². The van der Waals surface area contributed by atoms with Crippen molar-refractivity contribution in [3.05, 3.63) is 57.6 Å². The Morgan fingerprint density at radius 2 is 2.14 bits per heavy atom. The SMILES string of the molecule is CC(Cl)c1nc(=S)c2c([nH]1)CCN(Cc1ccccc1)C2. The van der Waals surface area contributed by atoms with Crippen molar-refractivity contribution >= 4 is 23.8 Å². The second-order valence-corrected chi connectivity index (χ2v) is 6.49. The van der Waals surface area contributed by atoms with Gasteiger partial charge < -0.3 is 4.98 Å². The highest BCUT2D eigenvalue weighted by Gasteiger charge is 2.20. The summed E-state index contributed by atoms with van der Waals surface area (Å²) in [5.41, 5.74) is 3.67. The third-order valence-electron chi connectivity index (χ3n) is 3.81. The van der Waals surface area contributed by atoms with E-state index in [0.717, 1.165) is 37.4 Å². The molecule has 1 atom stereocenters. The lowest BCUT2D eigenvalue weighted by Gasteiger charge is -2.28. The van der Waals surface area contributed by atoms with E-state index in [1.54, 1.807) is 0 Å². The standard InChI is InChI=1S/C16H18ClN3S/c1-11(17)15-18-14-7-8-20(10-13(14)16(21)19-15)9-12-5-3-2-4-6-12/h2-6,11H,7-10H2,1H3,(H,18,19,21). The number of hydrogen-bond acceptors (Lipinski definition) is 3. The number of aromatic nitrogens is 2. The van der Waals surface area contributed by atoms with Crippen LogP contribution in [0.1, 0.15) is 34.9 Å². The van der Waals surface area contributed by atoms with Gasteiger partial charge in [0.1, 0.15) is 10.5 Å². The zero-order chi connectivity index (χ0) is 14.8. The minimum Gasteiger partial charge on any atom is -0.346 e. The van der Waals surface area contributed by atoms with E-state index in [-0.39, 0.29) is 5.38 Å². The molecule has 0 fully saturated rings. The van der Waals surface area contributed by atoms with E-state index in [4.69, 9.17) is 23.8 Å². The first kappa shape index (κ1) is 14.7. The van der Waals surface area contributed by atoms with E-state index in [1.165, 1.54) is 11.3 Å². The number of aromatic amines is 1. The fourth-order valence-electron chi connectivity index (χ4n) is 2.68. The highest BCUT2D eigenvalue weighted by atomic mass is 35.5. The Hall–Kier alpha value is -1.23. The molecule has 21 heavy (non-hydrogen) atoms. The smallest absolute Gasteiger partial charge is 0.134 e. The van der Waals surface area contributed by atoms with Gasteiger partial charge in [-0.25, -0.2) is 4.98 Å². The number of nitrogens with one attached hydrogen (secondary N) is 1. The quantitative estimate of drug-likeness (QED) is 0.685. The van der Waals surface area contributed by atoms with Crippen LogP contribution in [0.5, 0.6) is 0 Å². The number of fused-ring (bicyclic) bond motifs is 1. The van der Waals surface area contributed by atoms with Crippen molar-refractivity contribution in [2.45, 2.75) is 31.8 Å². The van der Waals surface area contributed by atoms with E-state index >= 15 is 0 Å². The zero-order valence-electron chi connectivity index (χ0n) is 12.0. The molecule has 2 aromatic rings. The summed E-state index contributed by atoms with van der Waals surface area (Å²) in [4.78, 5) is 10.2. The molecule has 3 rings (SSSR count). The second-order valence-electron chi connectivity index (χ2n) is 5.45. The molecule has 1 unspecified atom stereocenters. The third kappa shape index (κ3) is 3.34. The van der Waals surface area contributed by atoms with Gasteiger partial charge in [0, 0.05) is 37.3 Å². The van der Waals surface area contributed by atoms with Crippen LogP contribution in [0.2, 0.25) is 0 Å². The first-order valence-corrected chi connectivity index (χ1v) is 8.00. The van der Waals surface area contributed by atoms with Crippen molar-refractivity contribution < 1.29 is 0 Å². The van der Waals surface area contributed by atoms with Crippen LogP contribution in [-0.4, -0.2) is 21.4 Å². The first-order chi connectivity index (χ1) is 10.1. The minimum absolute atomic E-state index is 0.139. The normalized spacial score (nSPS) is 16.5. The molecule has 5 heteroatoms. The summed E-state index contributed by atoms with van der Waals surface area (Å²) in [6.07, 6.45) is 0.963. The molecule has 0 saturated carbocycles. The first-order valence-electron chi connectivity index (χ1n) is 7.16. The predicted octanol–water partition coefficient (Wildman–Crippen LogP) is 4.00. The van der Waals surface area contributed by atoms with Crippen LogP contribution < -0.4 is 0 Å². The molecule has 1 aromatic carbocycles. The zero-order valence-corrected chi connectivity index (χ0v) is 13.5. The maximum absolute atomic E-state index is 6.10.